The zero-order valence-corrected chi connectivity index (χ0v) is 17.4. The summed E-state index contributed by atoms with van der Waals surface area (Å²) in [5, 5.41) is 12.4. The van der Waals surface area contributed by atoms with Crippen LogP contribution in [0.5, 0.6) is 0 Å². The molecule has 1 aliphatic rings. The minimum Gasteiger partial charge on any atom is -0.372 e. The molecule has 1 atom stereocenters. The lowest BCUT2D eigenvalue weighted by atomic mass is 10.2. The van der Waals surface area contributed by atoms with Gasteiger partial charge in [0.2, 0.25) is 5.91 Å². The van der Waals surface area contributed by atoms with Gasteiger partial charge < -0.3 is 14.8 Å². The quantitative estimate of drug-likeness (QED) is 0.667. The first-order valence-electron chi connectivity index (χ1n) is 9.82. The maximum Gasteiger partial charge on any atom is 0.233 e. The maximum atomic E-state index is 12.2. The third-order valence-corrected chi connectivity index (χ3v) is 5.94. The highest BCUT2D eigenvalue weighted by atomic mass is 32.2. The van der Waals surface area contributed by atoms with Gasteiger partial charge in [-0.2, -0.15) is 0 Å². The maximum absolute atomic E-state index is 12.2. The Morgan fingerprint density at radius 1 is 1.22 bits per heavy atom. The number of hydrogen-bond acceptors (Lipinski definition) is 5. The van der Waals surface area contributed by atoms with Crippen LogP contribution >= 0.6 is 11.8 Å². The Morgan fingerprint density at radius 3 is 2.44 bits per heavy atom. The lowest BCUT2D eigenvalue weighted by Crippen LogP contribution is -2.32. The van der Waals surface area contributed by atoms with Crippen molar-refractivity contribution in [1.29, 1.82) is 0 Å². The van der Waals surface area contributed by atoms with Crippen LogP contribution in [-0.2, 0) is 11.3 Å². The first kappa shape index (κ1) is 19.7. The van der Waals surface area contributed by atoms with Crippen molar-refractivity contribution >= 4 is 23.4 Å². The van der Waals surface area contributed by atoms with E-state index in [-0.39, 0.29) is 11.2 Å². The fourth-order valence-electron chi connectivity index (χ4n) is 3.04. The summed E-state index contributed by atoms with van der Waals surface area (Å²) in [5.74, 6) is 0.930. The monoisotopic (exact) mass is 387 g/mol. The molecule has 1 amide bonds. The Morgan fingerprint density at radius 2 is 1.89 bits per heavy atom. The van der Waals surface area contributed by atoms with E-state index < -0.39 is 0 Å². The van der Waals surface area contributed by atoms with E-state index in [0.29, 0.717) is 6.04 Å². The van der Waals surface area contributed by atoms with Crippen LogP contribution in [0.4, 0.5) is 5.69 Å². The third-order valence-electron chi connectivity index (χ3n) is 4.86. The molecule has 0 saturated heterocycles. The number of rotatable bonds is 9. The van der Waals surface area contributed by atoms with Crippen molar-refractivity contribution in [3.05, 3.63) is 24.3 Å². The van der Waals surface area contributed by atoms with Crippen LogP contribution in [0.15, 0.2) is 29.4 Å². The fourth-order valence-corrected chi connectivity index (χ4v) is 3.96. The van der Waals surface area contributed by atoms with Gasteiger partial charge in [-0.1, -0.05) is 11.8 Å². The van der Waals surface area contributed by atoms with Gasteiger partial charge in [0.1, 0.15) is 0 Å². The van der Waals surface area contributed by atoms with E-state index in [1.165, 1.54) is 17.4 Å². The highest BCUT2D eigenvalue weighted by molar-refractivity contribution is 8.00. The Labute approximate surface area is 165 Å². The molecule has 0 aliphatic heterocycles. The van der Waals surface area contributed by atoms with Crippen LogP contribution in [-0.4, -0.2) is 45.1 Å². The lowest BCUT2D eigenvalue weighted by molar-refractivity contribution is -0.120. The standard InChI is InChI=1S/C20H29N5OS/c1-5-24(6-2)17-12-8-15(9-13-17)18-22-23-20(25(18)7-3)27-14(4)19(26)21-16-10-11-16/h8-9,12-14,16H,5-7,10-11H2,1-4H3,(H,21,26)/t14-/m0/s1. The summed E-state index contributed by atoms with van der Waals surface area (Å²) in [6, 6.07) is 8.85. The number of carbonyl (C=O) groups is 1. The molecule has 2 aromatic rings. The summed E-state index contributed by atoms with van der Waals surface area (Å²) >= 11 is 1.47. The van der Waals surface area contributed by atoms with Crippen molar-refractivity contribution in [1.82, 2.24) is 20.1 Å². The Bertz CT molecular complexity index is 765. The average Bonchev–Trinajstić information content (AvgIpc) is 3.41. The highest BCUT2D eigenvalue weighted by Crippen LogP contribution is 2.29. The molecule has 1 aliphatic carbocycles. The number of hydrogen-bond donors (Lipinski definition) is 1. The molecule has 6 nitrogen and oxygen atoms in total. The summed E-state index contributed by atoms with van der Waals surface area (Å²) in [7, 11) is 0. The van der Waals surface area contributed by atoms with Gasteiger partial charge in [0, 0.05) is 36.9 Å². The average molecular weight is 388 g/mol. The number of carbonyl (C=O) groups excluding carboxylic acids is 1. The molecule has 0 spiro atoms. The van der Waals surface area contributed by atoms with Crippen molar-refractivity contribution in [2.75, 3.05) is 18.0 Å². The minimum absolute atomic E-state index is 0.0817. The van der Waals surface area contributed by atoms with Crippen LogP contribution in [0.25, 0.3) is 11.4 Å². The number of nitrogens with zero attached hydrogens (tertiary/aromatic N) is 4. The van der Waals surface area contributed by atoms with E-state index in [1.54, 1.807) is 0 Å². The second-order valence-electron chi connectivity index (χ2n) is 6.81. The van der Waals surface area contributed by atoms with Gasteiger partial charge in [-0.05, 0) is 64.8 Å². The number of amides is 1. The van der Waals surface area contributed by atoms with Crippen LogP contribution in [0.2, 0.25) is 0 Å². The smallest absolute Gasteiger partial charge is 0.233 e. The number of aromatic nitrogens is 3. The summed E-state index contributed by atoms with van der Waals surface area (Å²) in [5.41, 5.74) is 2.26. The van der Waals surface area contributed by atoms with Crippen molar-refractivity contribution < 1.29 is 4.79 Å². The van der Waals surface area contributed by atoms with E-state index in [2.05, 4.69) is 70.0 Å². The first-order valence-corrected chi connectivity index (χ1v) is 10.7. The van der Waals surface area contributed by atoms with Gasteiger partial charge in [0.15, 0.2) is 11.0 Å². The largest absolute Gasteiger partial charge is 0.372 e. The van der Waals surface area contributed by atoms with Gasteiger partial charge in [0.05, 0.1) is 5.25 Å². The van der Waals surface area contributed by atoms with Crippen molar-refractivity contribution in [2.24, 2.45) is 0 Å². The number of nitrogens with one attached hydrogen (secondary N) is 1. The lowest BCUT2D eigenvalue weighted by Gasteiger charge is -2.21. The van der Waals surface area contributed by atoms with Crippen molar-refractivity contribution in [3.63, 3.8) is 0 Å². The molecule has 3 rings (SSSR count). The van der Waals surface area contributed by atoms with Crippen molar-refractivity contribution in [3.8, 4) is 11.4 Å². The minimum atomic E-state index is -0.182. The zero-order valence-electron chi connectivity index (χ0n) is 16.6. The molecule has 27 heavy (non-hydrogen) atoms. The molecule has 0 unspecified atom stereocenters. The Hall–Kier alpha value is -2.02. The Balaban J connectivity index is 1.75. The molecule has 1 heterocycles. The van der Waals surface area contributed by atoms with Gasteiger partial charge in [-0.15, -0.1) is 10.2 Å². The van der Waals surface area contributed by atoms with Crippen LogP contribution in [0, 0.1) is 0 Å². The van der Waals surface area contributed by atoms with E-state index in [9.17, 15) is 4.79 Å². The number of thioether (sulfide) groups is 1. The molecular formula is C20H29N5OS. The van der Waals surface area contributed by atoms with Gasteiger partial charge >= 0.3 is 0 Å². The molecular weight excluding hydrogens is 358 g/mol. The fraction of sp³-hybridized carbons (Fsp3) is 0.550. The first-order chi connectivity index (χ1) is 13.1. The predicted molar refractivity (Wildman–Crippen MR) is 111 cm³/mol. The van der Waals surface area contributed by atoms with Crippen LogP contribution in [0.3, 0.4) is 0 Å². The van der Waals surface area contributed by atoms with E-state index in [1.807, 2.05) is 6.92 Å². The number of anilines is 1. The molecule has 0 radical (unpaired) electrons. The molecule has 1 N–H and O–H groups in total. The second-order valence-corrected chi connectivity index (χ2v) is 8.12. The van der Waals surface area contributed by atoms with E-state index in [4.69, 9.17) is 0 Å². The molecule has 7 heteroatoms. The molecule has 1 aromatic heterocycles. The predicted octanol–water partition coefficient (Wildman–Crippen LogP) is 3.57. The van der Waals surface area contributed by atoms with Gasteiger partial charge in [-0.3, -0.25) is 4.79 Å². The third kappa shape index (κ3) is 4.64. The topological polar surface area (TPSA) is 63.1 Å². The molecule has 1 fully saturated rings. The molecule has 146 valence electrons. The van der Waals surface area contributed by atoms with Gasteiger partial charge in [0.25, 0.3) is 0 Å². The van der Waals surface area contributed by atoms with Gasteiger partial charge in [-0.25, -0.2) is 0 Å². The summed E-state index contributed by atoms with van der Waals surface area (Å²) in [6.45, 7) is 11.1. The van der Waals surface area contributed by atoms with E-state index in [0.717, 1.165) is 49.0 Å². The second kappa shape index (κ2) is 8.78. The summed E-state index contributed by atoms with van der Waals surface area (Å²) in [4.78, 5) is 14.6. The number of benzene rings is 1. The zero-order chi connectivity index (χ0) is 19.4. The highest BCUT2D eigenvalue weighted by Gasteiger charge is 2.27. The molecule has 1 aromatic carbocycles. The molecule has 1 saturated carbocycles. The Kier molecular flexibility index (Phi) is 6.42. The van der Waals surface area contributed by atoms with Crippen LogP contribution < -0.4 is 10.2 Å². The SMILES string of the molecule is CCN(CC)c1ccc(-c2nnc(S[C@@H](C)C(=O)NC3CC3)n2CC)cc1. The van der Waals surface area contributed by atoms with Crippen molar-refractivity contribution in [2.45, 2.75) is 63.5 Å². The summed E-state index contributed by atoms with van der Waals surface area (Å²) in [6.07, 6.45) is 2.20. The molecule has 0 bridgehead atoms. The summed E-state index contributed by atoms with van der Waals surface area (Å²) < 4.78 is 2.08. The normalized spacial score (nSPS) is 14.8. The van der Waals surface area contributed by atoms with E-state index >= 15 is 0 Å². The van der Waals surface area contributed by atoms with Crippen LogP contribution in [0.1, 0.15) is 40.5 Å².